The molecule has 5 heteroatoms. The molecule has 1 saturated carbocycles. The van der Waals surface area contributed by atoms with Crippen molar-refractivity contribution in [3.63, 3.8) is 0 Å². The topological polar surface area (TPSA) is 64.3 Å². The molecule has 1 fully saturated rings. The zero-order valence-electron chi connectivity index (χ0n) is 12.0. The quantitative estimate of drug-likeness (QED) is 0.825. The highest BCUT2D eigenvalue weighted by molar-refractivity contribution is 5.97. The van der Waals surface area contributed by atoms with Gasteiger partial charge in [0.1, 0.15) is 5.82 Å². The van der Waals surface area contributed by atoms with Crippen LogP contribution < -0.4 is 11.1 Å². The Bertz CT molecular complexity index is 571. The fourth-order valence-corrected chi connectivity index (χ4v) is 2.28. The maximum Gasteiger partial charge on any atom is 0.252 e. The normalized spacial score (nSPS) is 20.1. The first kappa shape index (κ1) is 15.5. The van der Waals surface area contributed by atoms with Gasteiger partial charge in [-0.15, -0.1) is 0 Å². The van der Waals surface area contributed by atoms with Gasteiger partial charge >= 0.3 is 0 Å². The molecule has 21 heavy (non-hydrogen) atoms. The number of amides is 1. The van der Waals surface area contributed by atoms with Crippen molar-refractivity contribution in [3.8, 4) is 11.8 Å². The van der Waals surface area contributed by atoms with Crippen LogP contribution in [0.1, 0.15) is 35.7 Å². The number of nitrogens with two attached hydrogens (primary N) is 1. The van der Waals surface area contributed by atoms with Gasteiger partial charge in [0.2, 0.25) is 0 Å². The van der Waals surface area contributed by atoms with Crippen LogP contribution in [-0.4, -0.2) is 31.2 Å². The lowest BCUT2D eigenvalue weighted by molar-refractivity contribution is -0.00863. The van der Waals surface area contributed by atoms with Crippen molar-refractivity contribution in [2.45, 2.75) is 31.9 Å². The second kappa shape index (κ2) is 7.21. The molecule has 0 aromatic heterocycles. The van der Waals surface area contributed by atoms with Crippen LogP contribution in [0.15, 0.2) is 18.2 Å². The summed E-state index contributed by atoms with van der Waals surface area (Å²) in [6.45, 7) is 2.81. The van der Waals surface area contributed by atoms with Crippen LogP contribution in [0.3, 0.4) is 0 Å². The molecule has 0 unspecified atom stereocenters. The van der Waals surface area contributed by atoms with Gasteiger partial charge in [0.25, 0.3) is 5.91 Å². The van der Waals surface area contributed by atoms with E-state index in [2.05, 4.69) is 17.2 Å². The SMILES string of the molecule is CCOC1CC(NC(=O)c2cc(F)ccc2C#CCN)C1. The van der Waals surface area contributed by atoms with Gasteiger partial charge in [-0.1, -0.05) is 11.8 Å². The van der Waals surface area contributed by atoms with Crippen LogP contribution in [-0.2, 0) is 4.74 Å². The fraction of sp³-hybridized carbons (Fsp3) is 0.438. The summed E-state index contributed by atoms with van der Waals surface area (Å²) in [6, 6.07) is 4.06. The highest BCUT2D eigenvalue weighted by Crippen LogP contribution is 2.24. The molecule has 0 heterocycles. The largest absolute Gasteiger partial charge is 0.378 e. The van der Waals surface area contributed by atoms with E-state index in [4.69, 9.17) is 10.5 Å². The molecule has 3 N–H and O–H groups in total. The molecule has 1 aromatic carbocycles. The number of ether oxygens (including phenoxy) is 1. The Hall–Kier alpha value is -1.90. The van der Waals surface area contributed by atoms with Crippen molar-refractivity contribution >= 4 is 5.91 Å². The molecule has 0 radical (unpaired) electrons. The van der Waals surface area contributed by atoms with Crippen molar-refractivity contribution < 1.29 is 13.9 Å². The summed E-state index contributed by atoms with van der Waals surface area (Å²) < 4.78 is 18.8. The van der Waals surface area contributed by atoms with E-state index >= 15 is 0 Å². The summed E-state index contributed by atoms with van der Waals surface area (Å²) in [5.74, 6) is 4.70. The van der Waals surface area contributed by atoms with E-state index in [0.29, 0.717) is 12.2 Å². The molecule has 2 rings (SSSR count). The maximum absolute atomic E-state index is 13.4. The molecule has 0 atom stereocenters. The summed E-state index contributed by atoms with van der Waals surface area (Å²) >= 11 is 0. The summed E-state index contributed by atoms with van der Waals surface area (Å²) in [7, 11) is 0. The van der Waals surface area contributed by atoms with Gasteiger partial charge in [-0.25, -0.2) is 4.39 Å². The zero-order chi connectivity index (χ0) is 15.2. The van der Waals surface area contributed by atoms with Crippen LogP contribution in [0.5, 0.6) is 0 Å². The van der Waals surface area contributed by atoms with Gasteiger partial charge < -0.3 is 15.8 Å². The highest BCUT2D eigenvalue weighted by Gasteiger charge is 2.31. The van der Waals surface area contributed by atoms with Gasteiger partial charge in [0.05, 0.1) is 18.2 Å². The van der Waals surface area contributed by atoms with E-state index in [1.807, 2.05) is 6.92 Å². The van der Waals surface area contributed by atoms with Crippen LogP contribution in [0.4, 0.5) is 4.39 Å². The van der Waals surface area contributed by atoms with E-state index in [1.54, 1.807) is 0 Å². The minimum absolute atomic E-state index is 0.0765. The summed E-state index contributed by atoms with van der Waals surface area (Å²) in [4.78, 5) is 12.2. The van der Waals surface area contributed by atoms with Crippen LogP contribution in [0, 0.1) is 17.7 Å². The molecule has 0 saturated heterocycles. The fourth-order valence-electron chi connectivity index (χ4n) is 2.28. The molecule has 1 amide bonds. The van der Waals surface area contributed by atoms with Crippen LogP contribution in [0.2, 0.25) is 0 Å². The lowest BCUT2D eigenvalue weighted by Gasteiger charge is -2.35. The zero-order valence-corrected chi connectivity index (χ0v) is 12.0. The van der Waals surface area contributed by atoms with Gasteiger partial charge in [0.15, 0.2) is 0 Å². The van der Waals surface area contributed by atoms with E-state index in [-0.39, 0.29) is 30.2 Å². The molecule has 1 aliphatic carbocycles. The summed E-state index contributed by atoms with van der Waals surface area (Å²) in [5, 5.41) is 2.88. The Morgan fingerprint density at radius 1 is 1.52 bits per heavy atom. The van der Waals surface area contributed by atoms with Crippen LogP contribution >= 0.6 is 0 Å². The summed E-state index contributed by atoms with van der Waals surface area (Å²) in [5.41, 5.74) is 6.06. The Balaban J connectivity index is 2.03. The predicted molar refractivity (Wildman–Crippen MR) is 78.2 cm³/mol. The van der Waals surface area contributed by atoms with E-state index in [9.17, 15) is 9.18 Å². The first-order valence-corrected chi connectivity index (χ1v) is 7.05. The minimum atomic E-state index is -0.459. The first-order valence-electron chi connectivity index (χ1n) is 7.05. The smallest absolute Gasteiger partial charge is 0.252 e. The van der Waals surface area contributed by atoms with Gasteiger partial charge in [-0.3, -0.25) is 4.79 Å². The molecule has 4 nitrogen and oxygen atoms in total. The number of halogens is 1. The average molecular weight is 290 g/mol. The van der Waals surface area contributed by atoms with Crippen molar-refractivity contribution in [2.24, 2.45) is 5.73 Å². The number of nitrogens with one attached hydrogen (secondary N) is 1. The van der Waals surface area contributed by atoms with Crippen molar-refractivity contribution in [1.29, 1.82) is 0 Å². The third-order valence-electron chi connectivity index (χ3n) is 3.38. The Labute approximate surface area is 123 Å². The highest BCUT2D eigenvalue weighted by atomic mass is 19.1. The first-order chi connectivity index (χ1) is 10.1. The van der Waals surface area contributed by atoms with E-state index in [0.717, 1.165) is 12.8 Å². The standard InChI is InChI=1S/C16H19FN2O2/c1-2-21-14-9-13(10-14)19-16(20)15-8-12(17)6-5-11(15)4-3-7-18/h5-6,8,13-14H,2,7,9-10,18H2,1H3,(H,19,20). The molecular formula is C16H19FN2O2. The third-order valence-corrected chi connectivity index (χ3v) is 3.38. The molecule has 112 valence electrons. The molecular weight excluding hydrogens is 271 g/mol. The minimum Gasteiger partial charge on any atom is -0.378 e. The van der Waals surface area contributed by atoms with E-state index < -0.39 is 5.82 Å². The molecule has 0 spiro atoms. The number of carbonyl (C=O) groups is 1. The van der Waals surface area contributed by atoms with Crippen LogP contribution in [0.25, 0.3) is 0 Å². The maximum atomic E-state index is 13.4. The lowest BCUT2D eigenvalue weighted by atomic mass is 9.89. The number of hydrogen-bond acceptors (Lipinski definition) is 3. The number of rotatable bonds is 4. The monoisotopic (exact) mass is 290 g/mol. The van der Waals surface area contributed by atoms with E-state index in [1.165, 1.54) is 18.2 Å². The Morgan fingerprint density at radius 2 is 2.29 bits per heavy atom. The molecule has 0 bridgehead atoms. The third kappa shape index (κ3) is 4.03. The average Bonchev–Trinajstić information content (AvgIpc) is 2.43. The Kier molecular flexibility index (Phi) is 5.32. The number of carbonyl (C=O) groups excluding carboxylic acids is 1. The molecule has 1 aromatic rings. The van der Waals surface area contributed by atoms with Crippen molar-refractivity contribution in [2.75, 3.05) is 13.2 Å². The van der Waals surface area contributed by atoms with Gasteiger partial charge in [-0.05, 0) is 38.0 Å². The second-order valence-corrected chi connectivity index (χ2v) is 4.91. The molecule has 0 aliphatic heterocycles. The summed E-state index contributed by atoms with van der Waals surface area (Å²) in [6.07, 6.45) is 1.79. The van der Waals surface area contributed by atoms with Crippen molar-refractivity contribution in [1.82, 2.24) is 5.32 Å². The van der Waals surface area contributed by atoms with Crippen molar-refractivity contribution in [3.05, 3.63) is 35.1 Å². The molecule has 1 aliphatic rings. The Morgan fingerprint density at radius 3 is 2.95 bits per heavy atom. The predicted octanol–water partition coefficient (Wildman–Crippen LogP) is 1.43. The van der Waals surface area contributed by atoms with Gasteiger partial charge in [0, 0.05) is 18.2 Å². The number of hydrogen-bond donors (Lipinski definition) is 2. The lowest BCUT2D eigenvalue weighted by Crippen LogP contribution is -2.48. The second-order valence-electron chi connectivity index (χ2n) is 4.91. The number of benzene rings is 1. The van der Waals surface area contributed by atoms with Gasteiger partial charge in [-0.2, -0.15) is 0 Å².